The average molecular weight is 245 g/mol. The highest BCUT2D eigenvalue weighted by molar-refractivity contribution is 5.50. The van der Waals surface area contributed by atoms with Gasteiger partial charge in [-0.3, -0.25) is 0 Å². The summed E-state index contributed by atoms with van der Waals surface area (Å²) in [4.78, 5) is 2.29. The molecule has 0 amide bonds. The van der Waals surface area contributed by atoms with E-state index in [0.29, 0.717) is 11.6 Å². The van der Waals surface area contributed by atoms with Crippen molar-refractivity contribution in [2.75, 3.05) is 24.6 Å². The van der Waals surface area contributed by atoms with Gasteiger partial charge in [-0.05, 0) is 44.2 Å². The van der Waals surface area contributed by atoms with Crippen molar-refractivity contribution >= 4 is 5.69 Å². The SMILES string of the molecule is CC1CCNC(CO)CN1c1ccc(C#N)cc1. The van der Waals surface area contributed by atoms with Gasteiger partial charge in [0.05, 0.1) is 18.2 Å². The van der Waals surface area contributed by atoms with Crippen LogP contribution in [0.1, 0.15) is 18.9 Å². The highest BCUT2D eigenvalue weighted by atomic mass is 16.3. The first-order valence-electron chi connectivity index (χ1n) is 6.35. The quantitative estimate of drug-likeness (QED) is 0.819. The summed E-state index contributed by atoms with van der Waals surface area (Å²) in [6, 6.07) is 10.3. The molecule has 1 aliphatic heterocycles. The molecule has 18 heavy (non-hydrogen) atoms. The Bertz CT molecular complexity index is 424. The molecule has 1 aromatic rings. The van der Waals surface area contributed by atoms with Crippen molar-refractivity contribution in [1.29, 1.82) is 5.26 Å². The van der Waals surface area contributed by atoms with Crippen LogP contribution in [0.5, 0.6) is 0 Å². The van der Waals surface area contributed by atoms with E-state index in [-0.39, 0.29) is 12.6 Å². The standard InChI is InChI=1S/C14H19N3O/c1-11-6-7-16-13(10-18)9-17(11)14-4-2-12(8-15)3-5-14/h2-5,11,13,16,18H,6-7,9-10H2,1H3. The molecule has 0 bridgehead atoms. The Morgan fingerprint density at radius 2 is 2.17 bits per heavy atom. The summed E-state index contributed by atoms with van der Waals surface area (Å²) in [5.41, 5.74) is 1.79. The predicted molar refractivity (Wildman–Crippen MR) is 71.5 cm³/mol. The lowest BCUT2D eigenvalue weighted by Gasteiger charge is -2.31. The largest absolute Gasteiger partial charge is 0.395 e. The van der Waals surface area contributed by atoms with Gasteiger partial charge in [-0.1, -0.05) is 0 Å². The van der Waals surface area contributed by atoms with E-state index in [1.807, 2.05) is 24.3 Å². The smallest absolute Gasteiger partial charge is 0.0991 e. The zero-order chi connectivity index (χ0) is 13.0. The first kappa shape index (κ1) is 12.9. The van der Waals surface area contributed by atoms with E-state index in [1.165, 1.54) is 0 Å². The second kappa shape index (κ2) is 5.85. The lowest BCUT2D eigenvalue weighted by atomic mass is 10.1. The number of nitrogens with zero attached hydrogens (tertiary/aromatic N) is 2. The van der Waals surface area contributed by atoms with Crippen LogP contribution in [0.4, 0.5) is 5.69 Å². The summed E-state index contributed by atoms with van der Waals surface area (Å²) in [7, 11) is 0. The van der Waals surface area contributed by atoms with Crippen molar-refractivity contribution < 1.29 is 5.11 Å². The molecule has 1 aliphatic rings. The van der Waals surface area contributed by atoms with Gasteiger partial charge in [-0.15, -0.1) is 0 Å². The molecule has 2 rings (SSSR count). The summed E-state index contributed by atoms with van der Waals surface area (Å²) in [5, 5.41) is 21.5. The Morgan fingerprint density at radius 3 is 2.78 bits per heavy atom. The second-order valence-electron chi connectivity index (χ2n) is 4.78. The van der Waals surface area contributed by atoms with Gasteiger partial charge in [-0.2, -0.15) is 5.26 Å². The van der Waals surface area contributed by atoms with E-state index >= 15 is 0 Å². The van der Waals surface area contributed by atoms with Crippen LogP contribution in [0, 0.1) is 11.3 Å². The summed E-state index contributed by atoms with van der Waals surface area (Å²) in [6.07, 6.45) is 1.05. The molecule has 96 valence electrons. The minimum Gasteiger partial charge on any atom is -0.395 e. The fraction of sp³-hybridized carbons (Fsp3) is 0.500. The summed E-state index contributed by atoms with van der Waals surface area (Å²) in [5.74, 6) is 0. The molecule has 0 spiro atoms. The second-order valence-corrected chi connectivity index (χ2v) is 4.78. The lowest BCUT2D eigenvalue weighted by Crippen LogP contribution is -2.42. The number of rotatable bonds is 2. The Labute approximate surface area is 108 Å². The Kier molecular flexibility index (Phi) is 4.19. The van der Waals surface area contributed by atoms with E-state index in [0.717, 1.165) is 25.2 Å². The zero-order valence-electron chi connectivity index (χ0n) is 10.6. The van der Waals surface area contributed by atoms with Gasteiger partial charge in [0, 0.05) is 24.3 Å². The van der Waals surface area contributed by atoms with Gasteiger partial charge in [0.2, 0.25) is 0 Å². The van der Waals surface area contributed by atoms with Gasteiger partial charge in [0.1, 0.15) is 0 Å². The molecule has 1 heterocycles. The zero-order valence-corrected chi connectivity index (χ0v) is 10.6. The number of nitriles is 1. The molecular weight excluding hydrogens is 226 g/mol. The highest BCUT2D eigenvalue weighted by Crippen LogP contribution is 2.21. The topological polar surface area (TPSA) is 59.3 Å². The lowest BCUT2D eigenvalue weighted by molar-refractivity contribution is 0.248. The molecule has 4 heteroatoms. The molecule has 0 aromatic heterocycles. The van der Waals surface area contributed by atoms with E-state index in [2.05, 4.69) is 23.2 Å². The molecule has 0 radical (unpaired) electrons. The normalized spacial score (nSPS) is 24.4. The van der Waals surface area contributed by atoms with Crippen LogP contribution in [0.2, 0.25) is 0 Å². The third-order valence-electron chi connectivity index (χ3n) is 3.49. The van der Waals surface area contributed by atoms with Crippen molar-refractivity contribution in [2.24, 2.45) is 0 Å². The maximum Gasteiger partial charge on any atom is 0.0991 e. The van der Waals surface area contributed by atoms with Crippen LogP contribution in [-0.2, 0) is 0 Å². The molecule has 4 nitrogen and oxygen atoms in total. The minimum atomic E-state index is 0.116. The number of aliphatic hydroxyl groups excluding tert-OH is 1. The van der Waals surface area contributed by atoms with Crippen LogP contribution < -0.4 is 10.2 Å². The maximum absolute atomic E-state index is 9.32. The van der Waals surface area contributed by atoms with Crippen LogP contribution in [-0.4, -0.2) is 36.9 Å². The molecular formula is C14H19N3O. The predicted octanol–water partition coefficient (Wildman–Crippen LogP) is 1.11. The van der Waals surface area contributed by atoms with Crippen molar-refractivity contribution in [2.45, 2.75) is 25.4 Å². The molecule has 0 aliphatic carbocycles. The van der Waals surface area contributed by atoms with Crippen molar-refractivity contribution in [3.8, 4) is 6.07 Å². The van der Waals surface area contributed by atoms with Gasteiger partial charge < -0.3 is 15.3 Å². The number of anilines is 1. The van der Waals surface area contributed by atoms with E-state index in [4.69, 9.17) is 5.26 Å². The average Bonchev–Trinajstić information content (AvgIpc) is 2.60. The Morgan fingerprint density at radius 1 is 1.44 bits per heavy atom. The van der Waals surface area contributed by atoms with Gasteiger partial charge >= 0.3 is 0 Å². The van der Waals surface area contributed by atoms with E-state index in [9.17, 15) is 5.11 Å². The van der Waals surface area contributed by atoms with Crippen molar-refractivity contribution in [3.05, 3.63) is 29.8 Å². The van der Waals surface area contributed by atoms with Gasteiger partial charge in [-0.25, -0.2) is 0 Å². The first-order chi connectivity index (χ1) is 8.74. The Balaban J connectivity index is 2.19. The maximum atomic E-state index is 9.32. The van der Waals surface area contributed by atoms with Crippen LogP contribution >= 0.6 is 0 Å². The fourth-order valence-electron chi connectivity index (χ4n) is 2.34. The van der Waals surface area contributed by atoms with Crippen LogP contribution in [0.3, 0.4) is 0 Å². The molecule has 2 N–H and O–H groups in total. The van der Waals surface area contributed by atoms with Crippen molar-refractivity contribution in [3.63, 3.8) is 0 Å². The van der Waals surface area contributed by atoms with E-state index < -0.39 is 0 Å². The first-order valence-corrected chi connectivity index (χ1v) is 6.35. The molecule has 2 unspecified atom stereocenters. The third-order valence-corrected chi connectivity index (χ3v) is 3.49. The summed E-state index contributed by atoms with van der Waals surface area (Å²) >= 11 is 0. The Hall–Kier alpha value is -1.57. The van der Waals surface area contributed by atoms with Crippen LogP contribution in [0.15, 0.2) is 24.3 Å². The number of hydrogen-bond acceptors (Lipinski definition) is 4. The molecule has 1 aromatic carbocycles. The number of hydrogen-bond donors (Lipinski definition) is 2. The number of benzene rings is 1. The van der Waals surface area contributed by atoms with E-state index in [1.54, 1.807) is 0 Å². The van der Waals surface area contributed by atoms with Crippen molar-refractivity contribution in [1.82, 2.24) is 5.32 Å². The third kappa shape index (κ3) is 2.81. The van der Waals surface area contributed by atoms with Gasteiger partial charge in [0.15, 0.2) is 0 Å². The molecule has 0 saturated carbocycles. The number of aliphatic hydroxyl groups is 1. The van der Waals surface area contributed by atoms with Gasteiger partial charge in [0.25, 0.3) is 0 Å². The monoisotopic (exact) mass is 245 g/mol. The number of nitrogens with one attached hydrogen (secondary N) is 1. The molecule has 2 atom stereocenters. The summed E-state index contributed by atoms with van der Waals surface area (Å²) in [6.45, 7) is 4.07. The summed E-state index contributed by atoms with van der Waals surface area (Å²) < 4.78 is 0. The molecule has 1 saturated heterocycles. The molecule has 1 fully saturated rings. The fourth-order valence-corrected chi connectivity index (χ4v) is 2.34. The minimum absolute atomic E-state index is 0.116. The highest BCUT2D eigenvalue weighted by Gasteiger charge is 2.22. The van der Waals surface area contributed by atoms with Crippen LogP contribution in [0.25, 0.3) is 0 Å².